The van der Waals surface area contributed by atoms with E-state index in [2.05, 4.69) is 4.74 Å². The summed E-state index contributed by atoms with van der Waals surface area (Å²) in [4.78, 5) is 10.2. The number of carbonyl (C=O) groups excluding carboxylic acids is 1. The maximum atomic E-state index is 10.2. The Morgan fingerprint density at radius 3 is 2.56 bits per heavy atom. The van der Waals surface area contributed by atoms with Gasteiger partial charge in [-0.1, -0.05) is 0 Å². The third-order valence-corrected chi connectivity index (χ3v) is 0.733. The molecule has 0 aromatic carbocycles. The molecule has 0 aromatic rings. The minimum atomic E-state index is -0.410. The Balaban J connectivity index is 3.26. The fraction of sp³-hybridized carbons (Fsp3) is 0.833. The molecule has 0 aliphatic rings. The van der Waals surface area contributed by atoms with Crippen molar-refractivity contribution in [3.63, 3.8) is 0 Å². The van der Waals surface area contributed by atoms with Gasteiger partial charge in [0.05, 0.1) is 0 Å². The summed E-state index contributed by atoms with van der Waals surface area (Å²) in [5, 5.41) is 0. The zero-order valence-corrected chi connectivity index (χ0v) is 6.01. The summed E-state index contributed by atoms with van der Waals surface area (Å²) in [7, 11) is 0. The molecule has 0 aliphatic heterocycles. The minimum absolute atomic E-state index is 0.309. The SMILES string of the molecule is CCO[C@H](C)OC(C)=O. The molecule has 0 fully saturated rings. The average molecular weight is 132 g/mol. The Morgan fingerprint density at radius 2 is 2.22 bits per heavy atom. The largest absolute Gasteiger partial charge is 0.436 e. The molecule has 9 heavy (non-hydrogen) atoms. The van der Waals surface area contributed by atoms with Crippen LogP contribution < -0.4 is 0 Å². The summed E-state index contributed by atoms with van der Waals surface area (Å²) >= 11 is 0. The van der Waals surface area contributed by atoms with Crippen molar-refractivity contribution in [2.24, 2.45) is 0 Å². The number of esters is 1. The summed E-state index contributed by atoms with van der Waals surface area (Å²) < 4.78 is 9.54. The van der Waals surface area contributed by atoms with Gasteiger partial charge in [0.1, 0.15) is 0 Å². The Morgan fingerprint density at radius 1 is 1.67 bits per heavy atom. The number of hydrogen-bond acceptors (Lipinski definition) is 3. The number of hydrogen-bond donors (Lipinski definition) is 0. The predicted molar refractivity (Wildman–Crippen MR) is 32.9 cm³/mol. The van der Waals surface area contributed by atoms with Crippen LogP contribution in [-0.2, 0) is 14.3 Å². The molecule has 0 unspecified atom stereocenters. The molecule has 0 saturated heterocycles. The van der Waals surface area contributed by atoms with E-state index in [0.717, 1.165) is 0 Å². The van der Waals surface area contributed by atoms with Crippen LogP contribution in [0, 0.1) is 0 Å². The summed E-state index contributed by atoms with van der Waals surface area (Å²) in [5.41, 5.74) is 0. The third-order valence-electron chi connectivity index (χ3n) is 0.733. The minimum Gasteiger partial charge on any atom is -0.436 e. The van der Waals surface area contributed by atoms with Gasteiger partial charge in [-0.25, -0.2) is 0 Å². The molecule has 0 rings (SSSR count). The average Bonchev–Trinajstić information content (AvgIpc) is 1.63. The fourth-order valence-electron chi connectivity index (χ4n) is 0.502. The first-order chi connectivity index (χ1) is 4.16. The summed E-state index contributed by atoms with van der Waals surface area (Å²) in [6.45, 7) is 5.45. The normalized spacial score (nSPS) is 12.8. The predicted octanol–water partition coefficient (Wildman–Crippen LogP) is 0.932. The van der Waals surface area contributed by atoms with Gasteiger partial charge in [0.2, 0.25) is 0 Å². The van der Waals surface area contributed by atoms with Gasteiger partial charge in [-0.2, -0.15) is 0 Å². The second-order valence-electron chi connectivity index (χ2n) is 1.63. The van der Waals surface area contributed by atoms with Crippen LogP contribution in [0.5, 0.6) is 0 Å². The number of carbonyl (C=O) groups is 1. The molecular formula is C6H12O3. The van der Waals surface area contributed by atoms with Gasteiger partial charge in [-0.15, -0.1) is 0 Å². The molecule has 0 N–H and O–H groups in total. The van der Waals surface area contributed by atoms with Gasteiger partial charge in [0, 0.05) is 13.5 Å². The van der Waals surface area contributed by atoms with E-state index in [4.69, 9.17) is 4.74 Å². The number of ether oxygens (including phenoxy) is 2. The van der Waals surface area contributed by atoms with E-state index >= 15 is 0 Å². The third kappa shape index (κ3) is 5.30. The van der Waals surface area contributed by atoms with Gasteiger partial charge < -0.3 is 9.47 Å². The summed E-state index contributed by atoms with van der Waals surface area (Å²) in [6, 6.07) is 0. The molecule has 0 aliphatic carbocycles. The maximum Gasteiger partial charge on any atom is 0.304 e. The van der Waals surface area contributed by atoms with Gasteiger partial charge >= 0.3 is 5.97 Å². The van der Waals surface area contributed by atoms with Crippen LogP contribution >= 0.6 is 0 Å². The van der Waals surface area contributed by atoms with Crippen molar-refractivity contribution in [2.45, 2.75) is 27.1 Å². The lowest BCUT2D eigenvalue weighted by Gasteiger charge is -2.09. The molecule has 0 radical (unpaired) electrons. The van der Waals surface area contributed by atoms with Crippen LogP contribution in [0.15, 0.2) is 0 Å². The van der Waals surface area contributed by atoms with Crippen molar-refractivity contribution in [3.05, 3.63) is 0 Å². The standard InChI is InChI=1S/C6H12O3/c1-4-8-6(3)9-5(2)7/h6H,4H2,1-3H3/t6-/m0/s1. The molecule has 0 spiro atoms. The Bertz CT molecular complexity index is 90.3. The Kier molecular flexibility index (Phi) is 4.05. The highest BCUT2D eigenvalue weighted by Gasteiger charge is 2.01. The van der Waals surface area contributed by atoms with Crippen molar-refractivity contribution in [3.8, 4) is 0 Å². The first kappa shape index (κ1) is 8.43. The van der Waals surface area contributed by atoms with Crippen LogP contribution in [0.1, 0.15) is 20.8 Å². The zero-order valence-electron chi connectivity index (χ0n) is 6.01. The van der Waals surface area contributed by atoms with E-state index in [-0.39, 0.29) is 5.97 Å². The lowest BCUT2D eigenvalue weighted by molar-refractivity contribution is -0.171. The Hall–Kier alpha value is -0.570. The molecule has 3 heteroatoms. The second-order valence-corrected chi connectivity index (χ2v) is 1.63. The highest BCUT2D eigenvalue weighted by Crippen LogP contribution is 1.91. The topological polar surface area (TPSA) is 35.5 Å². The van der Waals surface area contributed by atoms with Gasteiger partial charge in [-0.05, 0) is 13.8 Å². The summed E-state index contributed by atoms with van der Waals surface area (Å²) in [5.74, 6) is -0.309. The molecule has 0 heterocycles. The Labute approximate surface area is 55.0 Å². The van der Waals surface area contributed by atoms with E-state index in [1.54, 1.807) is 6.92 Å². The van der Waals surface area contributed by atoms with Crippen LogP contribution in [0.2, 0.25) is 0 Å². The highest BCUT2D eigenvalue weighted by molar-refractivity contribution is 5.65. The van der Waals surface area contributed by atoms with Crippen LogP contribution in [0.3, 0.4) is 0 Å². The second kappa shape index (κ2) is 4.32. The highest BCUT2D eigenvalue weighted by atomic mass is 16.7. The smallest absolute Gasteiger partial charge is 0.304 e. The molecule has 0 saturated carbocycles. The van der Waals surface area contributed by atoms with Crippen molar-refractivity contribution < 1.29 is 14.3 Å². The summed E-state index contributed by atoms with van der Waals surface area (Å²) in [6.07, 6.45) is -0.410. The van der Waals surface area contributed by atoms with Crippen molar-refractivity contribution in [1.29, 1.82) is 0 Å². The monoisotopic (exact) mass is 132 g/mol. The van der Waals surface area contributed by atoms with Crippen LogP contribution in [0.4, 0.5) is 0 Å². The van der Waals surface area contributed by atoms with Crippen molar-refractivity contribution in [1.82, 2.24) is 0 Å². The molecule has 0 amide bonds. The van der Waals surface area contributed by atoms with Crippen LogP contribution in [-0.4, -0.2) is 18.9 Å². The van der Waals surface area contributed by atoms with E-state index in [0.29, 0.717) is 6.61 Å². The van der Waals surface area contributed by atoms with E-state index in [1.807, 2.05) is 6.92 Å². The number of rotatable bonds is 3. The lowest BCUT2D eigenvalue weighted by Crippen LogP contribution is -2.15. The van der Waals surface area contributed by atoms with Gasteiger partial charge in [0.15, 0.2) is 6.29 Å². The molecular weight excluding hydrogens is 120 g/mol. The first-order valence-electron chi connectivity index (χ1n) is 2.95. The molecule has 1 atom stereocenters. The molecule has 54 valence electrons. The van der Waals surface area contributed by atoms with Crippen molar-refractivity contribution in [2.75, 3.05) is 6.61 Å². The first-order valence-corrected chi connectivity index (χ1v) is 2.95. The molecule has 3 nitrogen and oxygen atoms in total. The van der Waals surface area contributed by atoms with Crippen LogP contribution in [0.25, 0.3) is 0 Å². The zero-order chi connectivity index (χ0) is 7.28. The van der Waals surface area contributed by atoms with E-state index in [9.17, 15) is 4.79 Å². The molecule has 0 bridgehead atoms. The molecule has 0 aromatic heterocycles. The quantitative estimate of drug-likeness (QED) is 0.423. The fourth-order valence-corrected chi connectivity index (χ4v) is 0.502. The maximum absolute atomic E-state index is 10.2. The van der Waals surface area contributed by atoms with Gasteiger partial charge in [0.25, 0.3) is 0 Å². The van der Waals surface area contributed by atoms with Crippen molar-refractivity contribution >= 4 is 5.97 Å². The van der Waals surface area contributed by atoms with E-state index < -0.39 is 6.29 Å². The lowest BCUT2D eigenvalue weighted by atomic mass is 10.7. The van der Waals surface area contributed by atoms with E-state index in [1.165, 1.54) is 6.92 Å². The van der Waals surface area contributed by atoms with Gasteiger partial charge in [-0.3, -0.25) is 4.79 Å².